The Balaban J connectivity index is 2.35. The highest BCUT2D eigenvalue weighted by Crippen LogP contribution is 2.14. The molecule has 2 atom stereocenters. The van der Waals surface area contributed by atoms with E-state index in [0.717, 1.165) is 0 Å². The molecule has 1 rings (SSSR count). The van der Waals surface area contributed by atoms with Crippen LogP contribution in [0.15, 0.2) is 0 Å². The Morgan fingerprint density at radius 1 is 1.33 bits per heavy atom. The van der Waals surface area contributed by atoms with Gasteiger partial charge in [0, 0.05) is 6.04 Å². The SMILES string of the molecule is O=C(O)CC1CC[C@@H](C(=O)O)N1. The molecule has 0 saturated carbocycles. The lowest BCUT2D eigenvalue weighted by Gasteiger charge is -2.07. The van der Waals surface area contributed by atoms with Crippen LogP contribution in [0.2, 0.25) is 0 Å². The lowest BCUT2D eigenvalue weighted by Crippen LogP contribution is -2.36. The van der Waals surface area contributed by atoms with E-state index in [4.69, 9.17) is 10.2 Å². The van der Waals surface area contributed by atoms with Gasteiger partial charge < -0.3 is 15.5 Å². The lowest BCUT2D eigenvalue weighted by molar-refractivity contribution is -0.140. The second-order valence-corrected chi connectivity index (χ2v) is 2.93. The molecule has 0 radical (unpaired) electrons. The van der Waals surface area contributed by atoms with Crippen molar-refractivity contribution >= 4 is 11.9 Å². The van der Waals surface area contributed by atoms with Crippen LogP contribution in [0, 0.1) is 0 Å². The molecule has 0 aromatic heterocycles. The average Bonchev–Trinajstić information content (AvgIpc) is 2.34. The van der Waals surface area contributed by atoms with E-state index in [-0.39, 0.29) is 12.5 Å². The second-order valence-electron chi connectivity index (χ2n) is 2.93. The highest BCUT2D eigenvalue weighted by molar-refractivity contribution is 5.74. The number of hydrogen-bond acceptors (Lipinski definition) is 3. The zero-order valence-corrected chi connectivity index (χ0v) is 6.49. The Hall–Kier alpha value is -1.10. The van der Waals surface area contributed by atoms with Crippen molar-refractivity contribution in [2.24, 2.45) is 0 Å². The molecular formula is C7H11NO4. The number of nitrogens with one attached hydrogen (secondary N) is 1. The van der Waals surface area contributed by atoms with E-state index < -0.39 is 18.0 Å². The molecular weight excluding hydrogens is 162 g/mol. The van der Waals surface area contributed by atoms with Gasteiger partial charge in [0.15, 0.2) is 0 Å². The van der Waals surface area contributed by atoms with Gasteiger partial charge in [-0.3, -0.25) is 9.59 Å². The molecule has 0 amide bonds. The standard InChI is InChI=1S/C7H11NO4/c9-6(10)3-4-1-2-5(8-4)7(11)12/h4-5,8H,1-3H2,(H,9,10)(H,11,12)/t4?,5-/m0/s1. The van der Waals surface area contributed by atoms with Crippen LogP contribution in [0.1, 0.15) is 19.3 Å². The molecule has 1 aliphatic heterocycles. The summed E-state index contributed by atoms with van der Waals surface area (Å²) in [7, 11) is 0. The fraction of sp³-hybridized carbons (Fsp3) is 0.714. The predicted molar refractivity (Wildman–Crippen MR) is 39.8 cm³/mol. The van der Waals surface area contributed by atoms with Crippen molar-refractivity contribution in [2.45, 2.75) is 31.3 Å². The Bertz CT molecular complexity index is 204. The first-order chi connectivity index (χ1) is 5.59. The van der Waals surface area contributed by atoms with E-state index in [0.29, 0.717) is 12.8 Å². The molecule has 3 N–H and O–H groups in total. The largest absolute Gasteiger partial charge is 0.481 e. The normalized spacial score (nSPS) is 28.7. The van der Waals surface area contributed by atoms with Gasteiger partial charge in [-0.05, 0) is 12.8 Å². The van der Waals surface area contributed by atoms with E-state index in [2.05, 4.69) is 5.32 Å². The van der Waals surface area contributed by atoms with Crippen LogP contribution >= 0.6 is 0 Å². The molecule has 0 aromatic rings. The van der Waals surface area contributed by atoms with Gasteiger partial charge in [-0.25, -0.2) is 0 Å². The fourth-order valence-electron chi connectivity index (χ4n) is 1.39. The Morgan fingerprint density at radius 3 is 2.42 bits per heavy atom. The van der Waals surface area contributed by atoms with E-state index in [1.807, 2.05) is 0 Å². The monoisotopic (exact) mass is 173 g/mol. The third-order valence-electron chi connectivity index (χ3n) is 1.96. The van der Waals surface area contributed by atoms with E-state index in [1.54, 1.807) is 0 Å². The van der Waals surface area contributed by atoms with Crippen LogP contribution in [-0.4, -0.2) is 34.2 Å². The van der Waals surface area contributed by atoms with Crippen molar-refractivity contribution in [3.63, 3.8) is 0 Å². The van der Waals surface area contributed by atoms with Crippen molar-refractivity contribution in [2.75, 3.05) is 0 Å². The van der Waals surface area contributed by atoms with Crippen LogP contribution in [0.5, 0.6) is 0 Å². The van der Waals surface area contributed by atoms with Crippen LogP contribution in [0.3, 0.4) is 0 Å². The van der Waals surface area contributed by atoms with Crippen molar-refractivity contribution in [3.8, 4) is 0 Å². The average molecular weight is 173 g/mol. The molecule has 1 aliphatic rings. The topological polar surface area (TPSA) is 86.6 Å². The zero-order valence-electron chi connectivity index (χ0n) is 6.49. The summed E-state index contributed by atoms with van der Waals surface area (Å²) >= 11 is 0. The maximum Gasteiger partial charge on any atom is 0.320 e. The summed E-state index contributed by atoms with van der Waals surface area (Å²) in [5.41, 5.74) is 0. The second kappa shape index (κ2) is 3.53. The summed E-state index contributed by atoms with van der Waals surface area (Å²) in [6.45, 7) is 0. The van der Waals surface area contributed by atoms with Crippen LogP contribution < -0.4 is 5.32 Å². The highest BCUT2D eigenvalue weighted by atomic mass is 16.4. The Morgan fingerprint density at radius 2 is 2.00 bits per heavy atom. The molecule has 1 unspecified atom stereocenters. The Kier molecular flexibility index (Phi) is 2.65. The lowest BCUT2D eigenvalue weighted by atomic mass is 10.1. The van der Waals surface area contributed by atoms with Crippen LogP contribution in [-0.2, 0) is 9.59 Å². The molecule has 68 valence electrons. The first kappa shape index (κ1) is 8.99. The number of carboxylic acids is 2. The molecule has 0 bridgehead atoms. The highest BCUT2D eigenvalue weighted by Gasteiger charge is 2.29. The summed E-state index contributed by atoms with van der Waals surface area (Å²) in [6.07, 6.45) is 1.15. The third-order valence-corrected chi connectivity index (χ3v) is 1.96. The van der Waals surface area contributed by atoms with Gasteiger partial charge in [-0.2, -0.15) is 0 Å². The van der Waals surface area contributed by atoms with Gasteiger partial charge in [0.05, 0.1) is 6.42 Å². The maximum absolute atomic E-state index is 10.4. The van der Waals surface area contributed by atoms with E-state index in [1.165, 1.54) is 0 Å². The first-order valence-electron chi connectivity index (χ1n) is 3.80. The predicted octanol–water partition coefficient (Wildman–Crippen LogP) is -0.334. The summed E-state index contributed by atoms with van der Waals surface area (Å²) in [6, 6.07) is -0.738. The van der Waals surface area contributed by atoms with Crippen LogP contribution in [0.4, 0.5) is 0 Å². The molecule has 0 spiro atoms. The summed E-state index contributed by atoms with van der Waals surface area (Å²) in [4.78, 5) is 20.7. The van der Waals surface area contributed by atoms with Crippen molar-refractivity contribution in [1.29, 1.82) is 0 Å². The van der Waals surface area contributed by atoms with Crippen molar-refractivity contribution in [3.05, 3.63) is 0 Å². The van der Waals surface area contributed by atoms with Crippen molar-refractivity contribution in [1.82, 2.24) is 5.32 Å². The number of carboxylic acid groups (broad SMARTS) is 2. The molecule has 1 heterocycles. The minimum Gasteiger partial charge on any atom is -0.481 e. The third kappa shape index (κ3) is 2.20. The van der Waals surface area contributed by atoms with E-state index in [9.17, 15) is 9.59 Å². The minimum absolute atomic E-state index is 0.00375. The maximum atomic E-state index is 10.4. The van der Waals surface area contributed by atoms with E-state index >= 15 is 0 Å². The molecule has 1 fully saturated rings. The summed E-state index contributed by atoms with van der Waals surface area (Å²) in [5, 5.41) is 19.7. The first-order valence-corrected chi connectivity index (χ1v) is 3.80. The zero-order chi connectivity index (χ0) is 9.14. The number of carbonyl (C=O) groups is 2. The van der Waals surface area contributed by atoms with Gasteiger partial charge in [0.1, 0.15) is 6.04 Å². The molecule has 1 saturated heterocycles. The van der Waals surface area contributed by atoms with Gasteiger partial charge in [-0.1, -0.05) is 0 Å². The van der Waals surface area contributed by atoms with Gasteiger partial charge in [0.25, 0.3) is 0 Å². The molecule has 0 aromatic carbocycles. The van der Waals surface area contributed by atoms with Gasteiger partial charge >= 0.3 is 11.9 Å². The number of aliphatic carboxylic acids is 2. The minimum atomic E-state index is -0.900. The quantitative estimate of drug-likeness (QED) is 0.543. The smallest absolute Gasteiger partial charge is 0.320 e. The van der Waals surface area contributed by atoms with Crippen LogP contribution in [0.25, 0.3) is 0 Å². The summed E-state index contributed by atoms with van der Waals surface area (Å²) < 4.78 is 0. The summed E-state index contributed by atoms with van der Waals surface area (Å²) in [5.74, 6) is -1.79. The molecule has 0 aliphatic carbocycles. The molecule has 5 nitrogen and oxygen atoms in total. The van der Waals surface area contributed by atoms with Gasteiger partial charge in [0.2, 0.25) is 0 Å². The number of rotatable bonds is 3. The molecule has 5 heteroatoms. The Labute approximate surface area is 69.4 Å². The van der Waals surface area contributed by atoms with Crippen molar-refractivity contribution < 1.29 is 19.8 Å². The fourth-order valence-corrected chi connectivity index (χ4v) is 1.39. The molecule has 12 heavy (non-hydrogen) atoms. The van der Waals surface area contributed by atoms with Gasteiger partial charge in [-0.15, -0.1) is 0 Å². The number of hydrogen-bond donors (Lipinski definition) is 3.